The summed E-state index contributed by atoms with van der Waals surface area (Å²) in [5.41, 5.74) is 18.9. The summed E-state index contributed by atoms with van der Waals surface area (Å²) in [6, 6.07) is 48.2. The molecule has 0 amide bonds. The molecule has 7 aromatic carbocycles. The predicted octanol–water partition coefficient (Wildman–Crippen LogP) is 16.4. The second-order valence-corrected chi connectivity index (χ2v) is 23.9. The third-order valence-corrected chi connectivity index (χ3v) is 16.8. The molecule has 326 valence electrons. The van der Waals surface area contributed by atoms with Crippen molar-refractivity contribution in [3.05, 3.63) is 150 Å². The number of thiophene rings is 1. The quantitative estimate of drug-likeness (QED) is 0.162. The maximum absolute atomic E-state index is 7.15. The number of hydrogen-bond acceptors (Lipinski definition) is 5. The van der Waals surface area contributed by atoms with Crippen molar-refractivity contribution in [2.24, 2.45) is 0 Å². The van der Waals surface area contributed by atoms with Crippen molar-refractivity contribution < 1.29 is 8.83 Å². The Hall–Kier alpha value is -6.24. The molecular formula is C60H55BN2O2S. The van der Waals surface area contributed by atoms with Crippen LogP contribution in [0, 0.1) is 0 Å². The topological polar surface area (TPSA) is 32.8 Å². The molecule has 3 aliphatic rings. The molecule has 0 unspecified atom stereocenters. The van der Waals surface area contributed by atoms with Gasteiger partial charge in [-0.2, -0.15) is 0 Å². The highest BCUT2D eigenvalue weighted by Crippen LogP contribution is 2.56. The zero-order chi connectivity index (χ0) is 45.4. The van der Waals surface area contributed by atoms with E-state index in [1.54, 1.807) is 0 Å². The molecule has 0 spiro atoms. The molecule has 0 saturated carbocycles. The van der Waals surface area contributed by atoms with E-state index >= 15 is 0 Å². The van der Waals surface area contributed by atoms with Gasteiger partial charge in [-0.05, 0) is 123 Å². The van der Waals surface area contributed by atoms with Crippen molar-refractivity contribution in [3.63, 3.8) is 0 Å². The number of rotatable bonds is 2. The van der Waals surface area contributed by atoms with E-state index in [9.17, 15) is 0 Å². The van der Waals surface area contributed by atoms with Gasteiger partial charge in [0.05, 0.1) is 5.69 Å². The van der Waals surface area contributed by atoms with Crippen LogP contribution in [-0.2, 0) is 21.7 Å². The first-order chi connectivity index (χ1) is 31.5. The lowest BCUT2D eigenvalue weighted by Crippen LogP contribution is -2.60. The summed E-state index contributed by atoms with van der Waals surface area (Å²) in [6.45, 7) is 23.4. The summed E-state index contributed by atoms with van der Waals surface area (Å²) in [7, 11) is 0. The summed E-state index contributed by atoms with van der Waals surface area (Å²) < 4.78 is 16.6. The maximum atomic E-state index is 7.15. The number of fused-ring (bicyclic) bond motifs is 14. The fourth-order valence-electron chi connectivity index (χ4n) is 11.8. The largest absolute Gasteiger partial charge is 0.456 e. The van der Waals surface area contributed by atoms with E-state index in [1.807, 2.05) is 11.3 Å². The highest BCUT2D eigenvalue weighted by atomic mass is 32.1. The zero-order valence-electron chi connectivity index (χ0n) is 39.7. The Balaban J connectivity index is 1.21. The van der Waals surface area contributed by atoms with Crippen LogP contribution < -0.4 is 20.0 Å². The molecule has 5 heterocycles. The van der Waals surface area contributed by atoms with Gasteiger partial charge < -0.3 is 18.5 Å². The van der Waals surface area contributed by atoms with Crippen molar-refractivity contribution in [3.8, 4) is 11.1 Å². The van der Waals surface area contributed by atoms with E-state index in [-0.39, 0.29) is 28.5 Å². The third-order valence-electron chi connectivity index (χ3n) is 15.6. The van der Waals surface area contributed by atoms with Gasteiger partial charge >= 0.3 is 6.85 Å². The molecule has 10 aromatic rings. The number of benzene rings is 7. The molecule has 0 bridgehead atoms. The van der Waals surface area contributed by atoms with Gasteiger partial charge in [-0.15, -0.1) is 11.3 Å². The summed E-state index contributed by atoms with van der Waals surface area (Å²) >= 11 is 1.98. The van der Waals surface area contributed by atoms with Crippen LogP contribution in [-0.4, -0.2) is 6.85 Å². The third kappa shape index (κ3) is 5.57. The van der Waals surface area contributed by atoms with Crippen LogP contribution >= 0.6 is 11.3 Å². The highest BCUT2D eigenvalue weighted by Gasteiger charge is 2.49. The van der Waals surface area contributed by atoms with E-state index in [1.165, 1.54) is 60.4 Å². The van der Waals surface area contributed by atoms with Gasteiger partial charge in [0.1, 0.15) is 22.3 Å². The molecule has 4 nitrogen and oxygen atoms in total. The SMILES string of the molecule is CC(C)(C)c1ccc(N2B3c4sc5cc6c(cc5c4N(c4ccc(C(C)(C)C)cc4)c4cc5c(oc7ccccc75)c(c43)-c3cc4c(cc32)oc2ccccc24)C(C)(C)CCC6(C)C)cc1. The molecule has 13 rings (SSSR count). The number of furan rings is 2. The Bertz CT molecular complexity index is 3680. The first-order valence-corrected chi connectivity index (χ1v) is 24.6. The van der Waals surface area contributed by atoms with Crippen molar-refractivity contribution in [2.45, 2.75) is 104 Å². The van der Waals surface area contributed by atoms with E-state index in [4.69, 9.17) is 8.83 Å². The van der Waals surface area contributed by atoms with E-state index in [0.717, 1.165) is 78.5 Å². The van der Waals surface area contributed by atoms with E-state index in [2.05, 4.69) is 206 Å². The Morgan fingerprint density at radius 1 is 0.545 bits per heavy atom. The first-order valence-electron chi connectivity index (χ1n) is 23.8. The van der Waals surface area contributed by atoms with Gasteiger partial charge in [-0.25, -0.2) is 0 Å². The minimum Gasteiger partial charge on any atom is -0.456 e. The summed E-state index contributed by atoms with van der Waals surface area (Å²) in [5.74, 6) is 0. The standard InChI is InChI=1S/C60H55BN2O2S/c1-57(2,3)34-19-23-36(24-20-34)62-47-31-41-39-16-12-14-18-49(39)65-55(41)52-42-29-40-38-15-11-13-17-48(38)64-50(40)33-46(42)63(37-25-21-35(22-26-37)58(4,5)6)61(53(47)52)56-54(62)43-30-44-45(32-51(43)66-56)60(9,10)28-27-59(44,7)8/h11-26,29-33H,27-28H2,1-10H3. The number of para-hydroxylation sites is 2. The zero-order valence-corrected chi connectivity index (χ0v) is 40.6. The summed E-state index contributed by atoms with van der Waals surface area (Å²) in [4.78, 5) is 5.26. The Morgan fingerprint density at radius 3 is 1.76 bits per heavy atom. The Labute approximate surface area is 391 Å². The molecule has 0 N–H and O–H groups in total. The van der Waals surface area contributed by atoms with E-state index in [0.29, 0.717) is 0 Å². The van der Waals surface area contributed by atoms with Crippen LogP contribution in [0.1, 0.15) is 104 Å². The van der Waals surface area contributed by atoms with Crippen LogP contribution in [0.25, 0.3) is 65.1 Å². The summed E-state index contributed by atoms with van der Waals surface area (Å²) in [5, 5.41) is 5.80. The number of nitrogens with zero attached hydrogens (tertiary/aromatic N) is 2. The predicted molar refractivity (Wildman–Crippen MR) is 283 cm³/mol. The molecule has 0 fully saturated rings. The van der Waals surface area contributed by atoms with Crippen LogP contribution in [0.5, 0.6) is 0 Å². The van der Waals surface area contributed by atoms with Crippen molar-refractivity contribution in [1.82, 2.24) is 0 Å². The second kappa shape index (κ2) is 13.2. The average Bonchev–Trinajstić information content (AvgIpc) is 3.97. The van der Waals surface area contributed by atoms with Crippen molar-refractivity contribution in [1.29, 1.82) is 0 Å². The average molecular weight is 879 g/mol. The van der Waals surface area contributed by atoms with Crippen LogP contribution in [0.15, 0.2) is 136 Å². The molecule has 2 aliphatic heterocycles. The Kier molecular flexibility index (Phi) is 8.03. The number of anilines is 5. The monoisotopic (exact) mass is 878 g/mol. The minimum atomic E-state index is -0.169. The van der Waals surface area contributed by atoms with Gasteiger partial charge in [0, 0.05) is 76.4 Å². The fraction of sp³-hybridized carbons (Fsp3) is 0.267. The van der Waals surface area contributed by atoms with Gasteiger partial charge in [0.25, 0.3) is 0 Å². The van der Waals surface area contributed by atoms with Gasteiger partial charge in [-0.1, -0.05) is 130 Å². The fourth-order valence-corrected chi connectivity index (χ4v) is 13.1. The van der Waals surface area contributed by atoms with Gasteiger partial charge in [0.15, 0.2) is 0 Å². The van der Waals surface area contributed by atoms with Crippen LogP contribution in [0.4, 0.5) is 28.4 Å². The number of hydrogen-bond donors (Lipinski definition) is 0. The second-order valence-electron chi connectivity index (χ2n) is 22.8. The van der Waals surface area contributed by atoms with Gasteiger partial charge in [0.2, 0.25) is 0 Å². The smallest absolute Gasteiger partial charge is 0.343 e. The van der Waals surface area contributed by atoms with E-state index < -0.39 is 0 Å². The molecule has 0 radical (unpaired) electrons. The maximum Gasteiger partial charge on any atom is 0.343 e. The van der Waals surface area contributed by atoms with Crippen LogP contribution in [0.3, 0.4) is 0 Å². The minimum absolute atomic E-state index is 0.0125. The molecule has 6 heteroatoms. The lowest BCUT2D eigenvalue weighted by Gasteiger charge is -2.45. The first kappa shape index (κ1) is 40.1. The summed E-state index contributed by atoms with van der Waals surface area (Å²) in [6.07, 6.45) is 2.33. The normalized spacial score (nSPS) is 16.4. The van der Waals surface area contributed by atoms with Crippen molar-refractivity contribution >= 4 is 111 Å². The molecule has 3 aromatic heterocycles. The molecule has 1 aliphatic carbocycles. The lowest BCUT2D eigenvalue weighted by atomic mass is 9.46. The molecule has 0 atom stereocenters. The molecule has 0 saturated heterocycles. The van der Waals surface area contributed by atoms with Crippen molar-refractivity contribution in [2.75, 3.05) is 9.71 Å². The highest BCUT2D eigenvalue weighted by molar-refractivity contribution is 7.32. The molecule has 66 heavy (non-hydrogen) atoms. The lowest BCUT2D eigenvalue weighted by molar-refractivity contribution is 0.332. The van der Waals surface area contributed by atoms with Gasteiger partial charge in [-0.3, -0.25) is 0 Å². The Morgan fingerprint density at radius 2 is 1.12 bits per heavy atom. The van der Waals surface area contributed by atoms with Crippen LogP contribution in [0.2, 0.25) is 0 Å². The molecular weight excluding hydrogens is 824 g/mol.